The molecule has 1 unspecified atom stereocenters. The lowest BCUT2D eigenvalue weighted by molar-refractivity contribution is -0.0752. The lowest BCUT2D eigenvalue weighted by Crippen LogP contribution is -2.52. The molecule has 2 heteroatoms. The molecule has 2 rings (SSSR count). The molecule has 1 saturated carbocycles. The third-order valence-corrected chi connectivity index (χ3v) is 4.92. The first-order valence-corrected chi connectivity index (χ1v) is 8.37. The van der Waals surface area contributed by atoms with E-state index in [1.54, 1.807) is 0 Å². The standard InChI is InChI=1S/C17H31NO/c1-2-19-17(13-9-6-10-14-17)16(18)15-11-7-4-3-5-8-12-15/h11,16H,2-10,12-14,18H2,1H3. The van der Waals surface area contributed by atoms with Crippen LogP contribution in [0.25, 0.3) is 0 Å². The van der Waals surface area contributed by atoms with Crippen molar-refractivity contribution in [2.45, 2.75) is 89.2 Å². The fraction of sp³-hybridized carbons (Fsp3) is 0.882. The van der Waals surface area contributed by atoms with Crippen molar-refractivity contribution in [3.63, 3.8) is 0 Å². The SMILES string of the molecule is CCOC1(C(N)C2=CCCCCCC2)CCCCC1. The zero-order valence-corrected chi connectivity index (χ0v) is 12.6. The van der Waals surface area contributed by atoms with Crippen LogP contribution >= 0.6 is 0 Å². The van der Waals surface area contributed by atoms with Crippen LogP contribution in [0.5, 0.6) is 0 Å². The van der Waals surface area contributed by atoms with Gasteiger partial charge in [0, 0.05) is 6.61 Å². The first-order valence-electron chi connectivity index (χ1n) is 8.37. The maximum absolute atomic E-state index is 6.67. The van der Waals surface area contributed by atoms with E-state index in [0.717, 1.165) is 19.4 Å². The minimum atomic E-state index is -0.0575. The second kappa shape index (κ2) is 7.44. The van der Waals surface area contributed by atoms with Crippen LogP contribution < -0.4 is 5.73 Å². The van der Waals surface area contributed by atoms with E-state index < -0.39 is 0 Å². The maximum atomic E-state index is 6.67. The molecule has 0 aromatic rings. The van der Waals surface area contributed by atoms with Gasteiger partial charge in [0.05, 0.1) is 11.6 Å². The van der Waals surface area contributed by atoms with E-state index in [0.29, 0.717) is 0 Å². The second-order valence-electron chi connectivity index (χ2n) is 6.27. The van der Waals surface area contributed by atoms with Crippen LogP contribution in [0.3, 0.4) is 0 Å². The Balaban J connectivity index is 2.10. The van der Waals surface area contributed by atoms with Gasteiger partial charge in [-0.25, -0.2) is 0 Å². The summed E-state index contributed by atoms with van der Waals surface area (Å²) in [6, 6.07) is 0.130. The monoisotopic (exact) mass is 265 g/mol. The number of rotatable bonds is 4. The summed E-state index contributed by atoms with van der Waals surface area (Å²) in [4.78, 5) is 0. The zero-order valence-electron chi connectivity index (χ0n) is 12.6. The average molecular weight is 265 g/mol. The van der Waals surface area contributed by atoms with Crippen LogP contribution in [0.2, 0.25) is 0 Å². The van der Waals surface area contributed by atoms with Gasteiger partial charge in [-0.15, -0.1) is 0 Å². The van der Waals surface area contributed by atoms with Crippen LogP contribution in [-0.4, -0.2) is 18.2 Å². The quantitative estimate of drug-likeness (QED) is 0.768. The van der Waals surface area contributed by atoms with Gasteiger partial charge in [-0.3, -0.25) is 0 Å². The number of ether oxygens (including phenoxy) is 1. The predicted molar refractivity (Wildman–Crippen MR) is 81.2 cm³/mol. The number of hydrogen-bond donors (Lipinski definition) is 1. The molecular formula is C17H31NO. The molecule has 0 saturated heterocycles. The van der Waals surface area contributed by atoms with Gasteiger partial charge < -0.3 is 10.5 Å². The van der Waals surface area contributed by atoms with E-state index >= 15 is 0 Å². The largest absolute Gasteiger partial charge is 0.373 e. The van der Waals surface area contributed by atoms with Crippen LogP contribution in [0.15, 0.2) is 11.6 Å². The Kier molecular flexibility index (Phi) is 5.90. The molecule has 0 spiro atoms. The Hall–Kier alpha value is -0.340. The van der Waals surface area contributed by atoms with Gasteiger partial charge in [-0.05, 0) is 45.4 Å². The van der Waals surface area contributed by atoms with Crippen molar-refractivity contribution in [1.29, 1.82) is 0 Å². The molecular weight excluding hydrogens is 234 g/mol. The minimum absolute atomic E-state index is 0.0575. The highest BCUT2D eigenvalue weighted by Crippen LogP contribution is 2.37. The van der Waals surface area contributed by atoms with Gasteiger partial charge in [0.1, 0.15) is 0 Å². The van der Waals surface area contributed by atoms with Gasteiger partial charge in [0.15, 0.2) is 0 Å². The summed E-state index contributed by atoms with van der Waals surface area (Å²) in [5.74, 6) is 0. The summed E-state index contributed by atoms with van der Waals surface area (Å²) in [5, 5.41) is 0. The van der Waals surface area contributed by atoms with E-state index in [2.05, 4.69) is 13.0 Å². The first-order chi connectivity index (χ1) is 9.28. The zero-order chi connectivity index (χ0) is 13.6. The molecule has 0 radical (unpaired) electrons. The molecule has 2 aliphatic rings. The smallest absolute Gasteiger partial charge is 0.0870 e. The highest BCUT2D eigenvalue weighted by molar-refractivity contribution is 5.18. The van der Waals surface area contributed by atoms with Crippen molar-refractivity contribution in [2.24, 2.45) is 5.73 Å². The fourth-order valence-corrected chi connectivity index (χ4v) is 3.82. The molecule has 2 N–H and O–H groups in total. The Morgan fingerprint density at radius 2 is 1.79 bits per heavy atom. The summed E-state index contributed by atoms with van der Waals surface area (Å²) in [5.41, 5.74) is 8.10. The predicted octanol–water partition coefficient (Wildman–Crippen LogP) is 4.33. The Labute approximate surface area is 118 Å². The lowest BCUT2D eigenvalue weighted by Gasteiger charge is -2.43. The molecule has 1 fully saturated rings. The molecule has 0 aromatic carbocycles. The van der Waals surface area contributed by atoms with E-state index in [4.69, 9.17) is 10.5 Å². The van der Waals surface area contributed by atoms with Crippen molar-refractivity contribution in [3.05, 3.63) is 11.6 Å². The third kappa shape index (κ3) is 3.82. The van der Waals surface area contributed by atoms with Crippen molar-refractivity contribution in [1.82, 2.24) is 0 Å². The third-order valence-electron chi connectivity index (χ3n) is 4.92. The minimum Gasteiger partial charge on any atom is -0.373 e. The van der Waals surface area contributed by atoms with E-state index in [1.165, 1.54) is 63.4 Å². The molecule has 110 valence electrons. The molecule has 0 aliphatic heterocycles. The summed E-state index contributed by atoms with van der Waals surface area (Å²) < 4.78 is 6.19. The van der Waals surface area contributed by atoms with Crippen LogP contribution in [-0.2, 0) is 4.74 Å². The summed E-state index contributed by atoms with van der Waals surface area (Å²) >= 11 is 0. The molecule has 2 nitrogen and oxygen atoms in total. The summed E-state index contributed by atoms with van der Waals surface area (Å²) in [6.45, 7) is 2.90. The molecule has 0 amide bonds. The second-order valence-corrected chi connectivity index (χ2v) is 6.27. The molecule has 0 aromatic heterocycles. The van der Waals surface area contributed by atoms with Crippen LogP contribution in [0, 0.1) is 0 Å². The first kappa shape index (κ1) is 15.1. The van der Waals surface area contributed by atoms with Crippen molar-refractivity contribution in [2.75, 3.05) is 6.61 Å². The van der Waals surface area contributed by atoms with Crippen LogP contribution in [0.4, 0.5) is 0 Å². The Bertz CT molecular complexity index is 286. The lowest BCUT2D eigenvalue weighted by atomic mass is 9.75. The van der Waals surface area contributed by atoms with Crippen LogP contribution in [0.1, 0.15) is 77.6 Å². The van der Waals surface area contributed by atoms with Gasteiger partial charge in [0.2, 0.25) is 0 Å². The Morgan fingerprint density at radius 1 is 1.11 bits per heavy atom. The molecule has 1 atom stereocenters. The number of hydrogen-bond acceptors (Lipinski definition) is 2. The summed E-state index contributed by atoms with van der Waals surface area (Å²) in [7, 11) is 0. The maximum Gasteiger partial charge on any atom is 0.0870 e. The highest BCUT2D eigenvalue weighted by Gasteiger charge is 2.40. The van der Waals surface area contributed by atoms with E-state index in [-0.39, 0.29) is 11.6 Å². The topological polar surface area (TPSA) is 35.2 Å². The normalized spacial score (nSPS) is 26.1. The number of nitrogens with two attached hydrogens (primary N) is 1. The molecule has 0 heterocycles. The molecule has 19 heavy (non-hydrogen) atoms. The molecule has 0 bridgehead atoms. The summed E-state index contributed by atoms with van der Waals surface area (Å²) in [6.07, 6.45) is 16.4. The average Bonchev–Trinajstić information content (AvgIpc) is 2.39. The highest BCUT2D eigenvalue weighted by atomic mass is 16.5. The number of allylic oxidation sites excluding steroid dienone is 1. The van der Waals surface area contributed by atoms with Gasteiger partial charge in [0.25, 0.3) is 0 Å². The fourth-order valence-electron chi connectivity index (χ4n) is 3.82. The van der Waals surface area contributed by atoms with E-state index in [9.17, 15) is 0 Å². The van der Waals surface area contributed by atoms with Crippen molar-refractivity contribution in [3.8, 4) is 0 Å². The van der Waals surface area contributed by atoms with E-state index in [1.807, 2.05) is 0 Å². The van der Waals surface area contributed by atoms with Crippen molar-refractivity contribution < 1.29 is 4.74 Å². The van der Waals surface area contributed by atoms with Crippen molar-refractivity contribution >= 4 is 0 Å². The van der Waals surface area contributed by atoms with Gasteiger partial charge >= 0.3 is 0 Å². The van der Waals surface area contributed by atoms with Gasteiger partial charge in [-0.2, -0.15) is 0 Å². The van der Waals surface area contributed by atoms with Gasteiger partial charge in [-0.1, -0.05) is 43.8 Å². The Morgan fingerprint density at radius 3 is 2.53 bits per heavy atom. The molecule has 2 aliphatic carbocycles.